The van der Waals surface area contributed by atoms with E-state index in [-0.39, 0.29) is 11.6 Å². The number of benzene rings is 1. The summed E-state index contributed by atoms with van der Waals surface area (Å²) in [5.41, 5.74) is 9.10. The molecule has 0 atom stereocenters. The van der Waals surface area contributed by atoms with Gasteiger partial charge in [0.1, 0.15) is 11.2 Å². The molecule has 0 radical (unpaired) electrons. The number of hydrogen-bond donors (Lipinski definition) is 2. The molecule has 0 saturated carbocycles. The average molecular weight is 337 g/mol. The number of aryl methyl sites for hydroxylation is 1. The Balaban J connectivity index is 2.16. The van der Waals surface area contributed by atoms with E-state index < -0.39 is 0 Å². The number of hydrogen-bond acceptors (Lipinski definition) is 5. The van der Waals surface area contributed by atoms with E-state index in [4.69, 9.17) is 10.7 Å². The zero-order valence-electron chi connectivity index (χ0n) is 14.8. The van der Waals surface area contributed by atoms with Gasteiger partial charge in [0, 0.05) is 18.7 Å². The van der Waals surface area contributed by atoms with E-state index in [1.54, 1.807) is 7.05 Å². The lowest BCUT2D eigenvalue weighted by Crippen LogP contribution is -2.21. The Labute approximate surface area is 146 Å². The summed E-state index contributed by atoms with van der Waals surface area (Å²) in [7, 11) is 1.69. The minimum absolute atomic E-state index is 0.106. The van der Waals surface area contributed by atoms with E-state index in [1.807, 2.05) is 32.0 Å². The van der Waals surface area contributed by atoms with Gasteiger partial charge in [0.15, 0.2) is 0 Å². The summed E-state index contributed by atoms with van der Waals surface area (Å²) in [6.07, 6.45) is 2.39. The highest BCUT2D eigenvalue weighted by Gasteiger charge is 2.13. The van der Waals surface area contributed by atoms with Gasteiger partial charge in [-0.15, -0.1) is 0 Å². The molecule has 0 aliphatic heterocycles. The van der Waals surface area contributed by atoms with Crippen molar-refractivity contribution in [3.8, 4) is 11.3 Å². The van der Waals surface area contributed by atoms with Crippen molar-refractivity contribution in [2.24, 2.45) is 12.8 Å². The molecule has 3 N–H and O–H groups in total. The molecule has 0 bridgehead atoms. The van der Waals surface area contributed by atoms with E-state index in [0.717, 1.165) is 17.7 Å². The topological polar surface area (TPSA) is 85.8 Å². The number of fused-ring (bicyclic) bond motifs is 1. The van der Waals surface area contributed by atoms with Crippen LogP contribution >= 0.6 is 0 Å². The van der Waals surface area contributed by atoms with Crippen LogP contribution in [0.3, 0.4) is 0 Å². The Morgan fingerprint density at radius 1 is 1.24 bits per heavy atom. The van der Waals surface area contributed by atoms with Crippen LogP contribution in [0.2, 0.25) is 0 Å². The van der Waals surface area contributed by atoms with Gasteiger partial charge in [0.2, 0.25) is 0 Å². The standard InChI is InChI=1S/C19H23N5O/c1-12(2)22-18-17-16(21-11-24(3)19(17)25)10-15(23-18)14-6-4-13(5-7-14)8-9-20/h4-7,10-12H,8-9,20H2,1-3H3,(H,22,23). The fraction of sp³-hybridized carbons (Fsp3) is 0.316. The predicted octanol–water partition coefficient (Wildman–Crippen LogP) is 2.32. The summed E-state index contributed by atoms with van der Waals surface area (Å²) in [5, 5.41) is 3.79. The number of nitrogens with one attached hydrogen (secondary N) is 1. The van der Waals surface area contributed by atoms with Gasteiger partial charge >= 0.3 is 0 Å². The third kappa shape index (κ3) is 3.53. The van der Waals surface area contributed by atoms with Gasteiger partial charge < -0.3 is 15.6 Å². The highest BCUT2D eigenvalue weighted by atomic mass is 16.1. The zero-order valence-corrected chi connectivity index (χ0v) is 14.8. The number of nitrogens with zero attached hydrogens (tertiary/aromatic N) is 3. The Morgan fingerprint density at radius 3 is 2.60 bits per heavy atom. The second-order valence-corrected chi connectivity index (χ2v) is 6.45. The molecule has 6 heteroatoms. The van der Waals surface area contributed by atoms with Crippen LogP contribution in [0.15, 0.2) is 41.5 Å². The highest BCUT2D eigenvalue weighted by Crippen LogP contribution is 2.25. The first-order chi connectivity index (χ1) is 12.0. The first kappa shape index (κ1) is 17.1. The Kier molecular flexibility index (Phi) is 4.81. The van der Waals surface area contributed by atoms with Crippen molar-refractivity contribution in [3.63, 3.8) is 0 Å². The van der Waals surface area contributed by atoms with Gasteiger partial charge in [-0.1, -0.05) is 24.3 Å². The van der Waals surface area contributed by atoms with Crippen molar-refractivity contribution in [3.05, 3.63) is 52.6 Å². The summed E-state index contributed by atoms with van der Waals surface area (Å²) >= 11 is 0. The second-order valence-electron chi connectivity index (χ2n) is 6.45. The van der Waals surface area contributed by atoms with Crippen LogP contribution in [-0.4, -0.2) is 27.1 Å². The normalized spacial score (nSPS) is 11.2. The van der Waals surface area contributed by atoms with Crippen molar-refractivity contribution in [1.82, 2.24) is 14.5 Å². The predicted molar refractivity (Wildman–Crippen MR) is 102 cm³/mol. The van der Waals surface area contributed by atoms with Crippen molar-refractivity contribution in [2.45, 2.75) is 26.3 Å². The molecule has 6 nitrogen and oxygen atoms in total. The first-order valence-electron chi connectivity index (χ1n) is 8.42. The van der Waals surface area contributed by atoms with E-state index >= 15 is 0 Å². The number of aromatic nitrogens is 3. The number of pyridine rings is 1. The highest BCUT2D eigenvalue weighted by molar-refractivity contribution is 5.91. The van der Waals surface area contributed by atoms with Gasteiger partial charge in [-0.3, -0.25) is 4.79 Å². The van der Waals surface area contributed by atoms with E-state index in [9.17, 15) is 4.79 Å². The third-order valence-electron chi connectivity index (χ3n) is 4.01. The Hall–Kier alpha value is -2.73. The minimum atomic E-state index is -0.106. The number of rotatable bonds is 5. The second kappa shape index (κ2) is 7.03. The molecule has 0 unspecified atom stereocenters. The summed E-state index contributed by atoms with van der Waals surface area (Å²) in [6, 6.07) is 10.2. The summed E-state index contributed by atoms with van der Waals surface area (Å²) in [6.45, 7) is 4.66. The van der Waals surface area contributed by atoms with Gasteiger partial charge in [-0.05, 0) is 38.4 Å². The van der Waals surface area contributed by atoms with Crippen LogP contribution in [0.1, 0.15) is 19.4 Å². The maximum Gasteiger partial charge on any atom is 0.264 e. The molecule has 0 amide bonds. The van der Waals surface area contributed by atoms with E-state index in [0.29, 0.717) is 23.3 Å². The molecule has 1 aromatic carbocycles. The molecule has 0 saturated heterocycles. The molecule has 25 heavy (non-hydrogen) atoms. The first-order valence-corrected chi connectivity index (χ1v) is 8.42. The Bertz CT molecular complexity index is 944. The molecule has 130 valence electrons. The molecule has 2 heterocycles. The molecule has 0 aliphatic carbocycles. The monoisotopic (exact) mass is 337 g/mol. The zero-order chi connectivity index (χ0) is 18.0. The van der Waals surface area contributed by atoms with Crippen molar-refractivity contribution < 1.29 is 0 Å². The smallest absolute Gasteiger partial charge is 0.264 e. The fourth-order valence-electron chi connectivity index (χ4n) is 2.76. The quantitative estimate of drug-likeness (QED) is 0.746. The molecule has 0 aliphatic rings. The molecule has 3 aromatic rings. The summed E-state index contributed by atoms with van der Waals surface area (Å²) in [5.74, 6) is 0.572. The van der Waals surface area contributed by atoms with Gasteiger partial charge in [-0.2, -0.15) is 0 Å². The summed E-state index contributed by atoms with van der Waals surface area (Å²) in [4.78, 5) is 21.6. The number of nitrogens with two attached hydrogens (primary N) is 1. The van der Waals surface area contributed by atoms with Gasteiger partial charge in [0.25, 0.3) is 5.56 Å². The summed E-state index contributed by atoms with van der Waals surface area (Å²) < 4.78 is 1.47. The molecular weight excluding hydrogens is 314 g/mol. The van der Waals surface area contributed by atoms with Gasteiger partial charge in [-0.25, -0.2) is 9.97 Å². The van der Waals surface area contributed by atoms with E-state index in [1.165, 1.54) is 16.5 Å². The maximum absolute atomic E-state index is 12.5. The van der Waals surface area contributed by atoms with Crippen molar-refractivity contribution >= 4 is 16.7 Å². The molecule has 0 spiro atoms. The maximum atomic E-state index is 12.5. The average Bonchev–Trinajstić information content (AvgIpc) is 2.58. The SMILES string of the molecule is CC(C)Nc1nc(-c2ccc(CCN)cc2)cc2ncn(C)c(=O)c12. The lowest BCUT2D eigenvalue weighted by atomic mass is 10.1. The molecule has 0 fully saturated rings. The van der Waals surface area contributed by atoms with Gasteiger partial charge in [0.05, 0.1) is 17.5 Å². The fourth-order valence-corrected chi connectivity index (χ4v) is 2.76. The van der Waals surface area contributed by atoms with E-state index in [2.05, 4.69) is 22.4 Å². The van der Waals surface area contributed by atoms with Crippen LogP contribution in [0, 0.1) is 0 Å². The lowest BCUT2D eigenvalue weighted by molar-refractivity contribution is 0.839. The van der Waals surface area contributed by atoms with Crippen LogP contribution in [0.4, 0.5) is 5.82 Å². The van der Waals surface area contributed by atoms with Crippen molar-refractivity contribution in [2.75, 3.05) is 11.9 Å². The molecule has 3 rings (SSSR count). The molecular formula is C19H23N5O. The van der Waals surface area contributed by atoms with Crippen LogP contribution in [-0.2, 0) is 13.5 Å². The van der Waals surface area contributed by atoms with Crippen molar-refractivity contribution in [1.29, 1.82) is 0 Å². The molecule has 2 aromatic heterocycles. The number of anilines is 1. The van der Waals surface area contributed by atoms with Crippen LogP contribution in [0.5, 0.6) is 0 Å². The third-order valence-corrected chi connectivity index (χ3v) is 4.01. The largest absolute Gasteiger partial charge is 0.367 e. The Morgan fingerprint density at radius 2 is 1.96 bits per heavy atom. The minimum Gasteiger partial charge on any atom is -0.367 e. The lowest BCUT2D eigenvalue weighted by Gasteiger charge is -2.14. The van der Waals surface area contributed by atoms with Crippen LogP contribution < -0.4 is 16.6 Å². The van der Waals surface area contributed by atoms with Crippen LogP contribution in [0.25, 0.3) is 22.2 Å².